The lowest BCUT2D eigenvalue weighted by molar-refractivity contribution is 0.262. The number of alkyl halides is 2. The van der Waals surface area contributed by atoms with Gasteiger partial charge in [-0.3, -0.25) is 0 Å². The second kappa shape index (κ2) is 3.44. The maximum atomic E-state index is 5.75. The summed E-state index contributed by atoms with van der Waals surface area (Å²) in [5, 5.41) is -0.0471. The summed E-state index contributed by atoms with van der Waals surface area (Å²) in [5.41, 5.74) is -0.352. The maximum absolute atomic E-state index is 5.75. The monoisotopic (exact) mass is 204 g/mol. The number of hydrogen-bond donors (Lipinski definition) is 0. The molecule has 0 aromatic carbocycles. The molecule has 0 saturated carbocycles. The predicted molar refractivity (Wildman–Crippen MR) is 42.8 cm³/mol. The first-order valence-corrected chi connectivity index (χ1v) is 6.68. The molecular formula is C4H7Cl3OSi. The summed E-state index contributed by atoms with van der Waals surface area (Å²) in [6.45, 7) is 0. The van der Waals surface area contributed by atoms with Crippen molar-refractivity contribution in [2.75, 3.05) is 0 Å². The van der Waals surface area contributed by atoms with E-state index >= 15 is 0 Å². The summed E-state index contributed by atoms with van der Waals surface area (Å²) >= 11 is 17.1. The van der Waals surface area contributed by atoms with Crippen LogP contribution >= 0.6 is 34.3 Å². The SMILES string of the molecule is ClC1CC[SiH](Cl)OC1Cl. The highest BCUT2D eigenvalue weighted by Gasteiger charge is 2.27. The fraction of sp³-hybridized carbons (Fsp3) is 1.00. The molecule has 1 heterocycles. The van der Waals surface area contributed by atoms with Crippen LogP contribution in [0.25, 0.3) is 0 Å². The fourth-order valence-electron chi connectivity index (χ4n) is 0.716. The highest BCUT2D eigenvalue weighted by Crippen LogP contribution is 2.26. The van der Waals surface area contributed by atoms with Gasteiger partial charge in [-0.05, 0) is 12.5 Å². The van der Waals surface area contributed by atoms with Gasteiger partial charge in [-0.15, -0.1) is 22.7 Å². The third-order valence-corrected chi connectivity index (χ3v) is 4.73. The summed E-state index contributed by atoms with van der Waals surface area (Å²) in [6.07, 6.45) is 0.899. The Morgan fingerprint density at radius 1 is 1.44 bits per heavy atom. The molecule has 1 aliphatic heterocycles. The number of hydrogen-bond acceptors (Lipinski definition) is 1. The molecule has 1 fully saturated rings. The molecule has 3 atom stereocenters. The molecule has 0 aromatic heterocycles. The van der Waals surface area contributed by atoms with E-state index in [1.807, 2.05) is 0 Å². The van der Waals surface area contributed by atoms with E-state index in [1.165, 1.54) is 0 Å². The molecule has 0 aromatic rings. The zero-order chi connectivity index (χ0) is 6.85. The van der Waals surface area contributed by atoms with Crippen molar-refractivity contribution >= 4 is 42.6 Å². The smallest absolute Gasteiger partial charge is 0.275 e. The van der Waals surface area contributed by atoms with Crippen LogP contribution in [0.2, 0.25) is 6.04 Å². The van der Waals surface area contributed by atoms with Gasteiger partial charge in [0.05, 0.1) is 5.38 Å². The van der Waals surface area contributed by atoms with Crippen molar-refractivity contribution in [3.05, 3.63) is 0 Å². The summed E-state index contributed by atoms with van der Waals surface area (Å²) in [6, 6.07) is 0.930. The predicted octanol–water partition coefficient (Wildman–Crippen LogP) is 2.04. The molecule has 5 heteroatoms. The van der Waals surface area contributed by atoms with E-state index in [0.29, 0.717) is 0 Å². The lowest BCUT2D eigenvalue weighted by Crippen LogP contribution is -2.31. The van der Waals surface area contributed by atoms with E-state index in [9.17, 15) is 0 Å². The van der Waals surface area contributed by atoms with Crippen molar-refractivity contribution in [2.24, 2.45) is 0 Å². The van der Waals surface area contributed by atoms with Crippen molar-refractivity contribution in [3.8, 4) is 0 Å². The van der Waals surface area contributed by atoms with Crippen molar-refractivity contribution in [1.82, 2.24) is 0 Å². The van der Waals surface area contributed by atoms with Gasteiger partial charge in [0.25, 0.3) is 8.35 Å². The number of halogens is 3. The quantitative estimate of drug-likeness (QED) is 0.334. The van der Waals surface area contributed by atoms with Crippen LogP contribution in [0.15, 0.2) is 0 Å². The minimum absolute atomic E-state index is 0.0471. The molecule has 0 amide bonds. The van der Waals surface area contributed by atoms with Crippen molar-refractivity contribution in [2.45, 2.75) is 23.4 Å². The van der Waals surface area contributed by atoms with E-state index in [2.05, 4.69) is 0 Å². The van der Waals surface area contributed by atoms with Gasteiger partial charge in [0.15, 0.2) is 0 Å². The summed E-state index contributed by atoms with van der Waals surface area (Å²) in [5.74, 6) is 0. The Bertz CT molecular complexity index is 102. The van der Waals surface area contributed by atoms with Crippen LogP contribution in [0.1, 0.15) is 6.42 Å². The Kier molecular flexibility index (Phi) is 3.12. The van der Waals surface area contributed by atoms with Crippen molar-refractivity contribution in [3.63, 3.8) is 0 Å². The lowest BCUT2D eigenvalue weighted by atomic mass is 10.3. The van der Waals surface area contributed by atoms with Crippen LogP contribution < -0.4 is 0 Å². The molecule has 0 spiro atoms. The minimum Gasteiger partial charge on any atom is -0.388 e. The van der Waals surface area contributed by atoms with Gasteiger partial charge in [-0.25, -0.2) is 0 Å². The average Bonchev–Trinajstić information content (AvgIpc) is 1.80. The van der Waals surface area contributed by atoms with E-state index in [-0.39, 0.29) is 10.9 Å². The Labute approximate surface area is 70.7 Å². The molecule has 0 radical (unpaired) electrons. The Hall–Kier alpha value is 1.05. The maximum Gasteiger partial charge on any atom is 0.275 e. The van der Waals surface area contributed by atoms with E-state index in [4.69, 9.17) is 38.7 Å². The van der Waals surface area contributed by atoms with Crippen LogP contribution in [-0.4, -0.2) is 19.3 Å². The van der Waals surface area contributed by atoms with Crippen LogP contribution in [0.5, 0.6) is 0 Å². The van der Waals surface area contributed by atoms with Crippen molar-refractivity contribution in [1.29, 1.82) is 0 Å². The highest BCUT2D eigenvalue weighted by molar-refractivity contribution is 7.03. The van der Waals surface area contributed by atoms with E-state index < -0.39 is 8.35 Å². The molecule has 0 aliphatic carbocycles. The Morgan fingerprint density at radius 3 is 2.56 bits per heavy atom. The van der Waals surface area contributed by atoms with Crippen LogP contribution in [0.4, 0.5) is 0 Å². The van der Waals surface area contributed by atoms with E-state index in [1.54, 1.807) is 0 Å². The van der Waals surface area contributed by atoms with Gasteiger partial charge in [0.2, 0.25) is 0 Å². The molecule has 0 bridgehead atoms. The molecule has 54 valence electrons. The van der Waals surface area contributed by atoms with Crippen LogP contribution in [-0.2, 0) is 4.43 Å². The van der Waals surface area contributed by atoms with Gasteiger partial charge in [-0.2, -0.15) is 0 Å². The molecule has 1 rings (SSSR count). The van der Waals surface area contributed by atoms with Gasteiger partial charge >= 0.3 is 0 Å². The lowest BCUT2D eigenvalue weighted by Gasteiger charge is -2.25. The second-order valence-electron chi connectivity index (χ2n) is 1.99. The van der Waals surface area contributed by atoms with Crippen molar-refractivity contribution < 1.29 is 4.43 Å². The zero-order valence-corrected chi connectivity index (χ0v) is 8.11. The average molecular weight is 206 g/mol. The first-order chi connectivity index (χ1) is 4.20. The van der Waals surface area contributed by atoms with Gasteiger partial charge in [0, 0.05) is 0 Å². The summed E-state index contributed by atoms with van der Waals surface area (Å²) in [4.78, 5) is 0. The van der Waals surface area contributed by atoms with Gasteiger partial charge < -0.3 is 4.43 Å². The summed E-state index contributed by atoms with van der Waals surface area (Å²) < 4.78 is 5.14. The van der Waals surface area contributed by atoms with Crippen LogP contribution in [0, 0.1) is 0 Å². The summed E-state index contributed by atoms with van der Waals surface area (Å²) in [7, 11) is -1.44. The standard InChI is InChI=1S/C4H7Cl3OSi/c5-3-1-2-9(7)8-4(3)6/h3-4,9H,1-2H2. The first kappa shape index (κ1) is 8.15. The zero-order valence-electron chi connectivity index (χ0n) is 4.69. The normalized spacial score (nSPS) is 45.0. The van der Waals surface area contributed by atoms with Gasteiger partial charge in [0.1, 0.15) is 5.56 Å². The Balaban J connectivity index is 2.35. The number of rotatable bonds is 0. The molecule has 3 unspecified atom stereocenters. The molecule has 0 N–H and O–H groups in total. The molecular weight excluding hydrogens is 198 g/mol. The van der Waals surface area contributed by atoms with Crippen LogP contribution in [0.3, 0.4) is 0 Å². The molecule has 9 heavy (non-hydrogen) atoms. The highest BCUT2D eigenvalue weighted by atomic mass is 35.6. The largest absolute Gasteiger partial charge is 0.388 e. The third kappa shape index (κ3) is 2.28. The molecule has 1 saturated heterocycles. The first-order valence-electron chi connectivity index (χ1n) is 2.78. The Morgan fingerprint density at radius 2 is 2.11 bits per heavy atom. The minimum atomic E-state index is -1.44. The van der Waals surface area contributed by atoms with Gasteiger partial charge in [-0.1, -0.05) is 11.6 Å². The topological polar surface area (TPSA) is 9.23 Å². The molecule has 1 aliphatic rings. The fourth-order valence-corrected chi connectivity index (χ4v) is 3.81. The third-order valence-electron chi connectivity index (χ3n) is 1.23. The second-order valence-corrected chi connectivity index (χ2v) is 6.11. The van der Waals surface area contributed by atoms with E-state index in [0.717, 1.165) is 12.5 Å². The molecule has 1 nitrogen and oxygen atoms in total.